The van der Waals surface area contributed by atoms with Gasteiger partial charge in [0, 0.05) is 10.7 Å². The van der Waals surface area contributed by atoms with Gasteiger partial charge in [0.05, 0.1) is 25.2 Å². The van der Waals surface area contributed by atoms with Gasteiger partial charge in [0.1, 0.15) is 11.5 Å². The van der Waals surface area contributed by atoms with E-state index in [0.717, 1.165) is 12.1 Å². The lowest BCUT2D eigenvalue weighted by molar-refractivity contribution is -0.152. The maximum absolute atomic E-state index is 13.0. The summed E-state index contributed by atoms with van der Waals surface area (Å²) in [4.78, 5) is 27.1. The fourth-order valence-electron chi connectivity index (χ4n) is 3.91. The summed E-state index contributed by atoms with van der Waals surface area (Å²) in [5, 5.41) is 0.613. The molecule has 1 amide bonds. The average Bonchev–Trinajstić information content (AvgIpc) is 3.22. The van der Waals surface area contributed by atoms with Crippen LogP contribution in [0.2, 0.25) is 5.02 Å². The number of anilines is 1. The van der Waals surface area contributed by atoms with E-state index in [1.807, 2.05) is 19.1 Å². The second-order valence-electron chi connectivity index (χ2n) is 6.47. The zero-order valence-corrected chi connectivity index (χ0v) is 14.0. The number of ether oxygens (including phenoxy) is 2. The number of carbonyl (C=O) groups is 2. The van der Waals surface area contributed by atoms with Crippen molar-refractivity contribution in [1.82, 2.24) is 0 Å². The number of esters is 1. The highest BCUT2D eigenvalue weighted by Crippen LogP contribution is 2.52. The highest BCUT2D eigenvalue weighted by atomic mass is 35.5. The van der Waals surface area contributed by atoms with Gasteiger partial charge in [-0.25, -0.2) is 0 Å². The van der Waals surface area contributed by atoms with E-state index in [2.05, 4.69) is 0 Å². The summed E-state index contributed by atoms with van der Waals surface area (Å²) in [6, 6.07) is 7.10. The number of halogens is 1. The standard InChI is InChI=1S/C18H18ClNO4/c1-2-9-23-17(22)14-13-7-8-18(24-13)10-20(16(21)15(14)18)12-5-3-11(19)4-6-12/h3-8,13-15H,2,9-10H2,1H3/t13-,14?,15-,18?/m1/s1. The molecule has 3 aliphatic rings. The topological polar surface area (TPSA) is 55.8 Å². The van der Waals surface area contributed by atoms with Crippen molar-refractivity contribution in [3.63, 3.8) is 0 Å². The second kappa shape index (κ2) is 5.60. The van der Waals surface area contributed by atoms with Gasteiger partial charge in [-0.2, -0.15) is 0 Å². The first-order chi connectivity index (χ1) is 11.6. The van der Waals surface area contributed by atoms with Crippen LogP contribution in [-0.2, 0) is 19.1 Å². The number of hydrogen-bond donors (Lipinski definition) is 0. The average molecular weight is 348 g/mol. The van der Waals surface area contributed by atoms with Gasteiger partial charge in [-0.15, -0.1) is 0 Å². The maximum atomic E-state index is 13.0. The monoisotopic (exact) mass is 347 g/mol. The second-order valence-corrected chi connectivity index (χ2v) is 6.90. The molecule has 5 nitrogen and oxygen atoms in total. The Bertz CT molecular complexity index is 716. The van der Waals surface area contributed by atoms with Crippen LogP contribution in [0.1, 0.15) is 13.3 Å². The van der Waals surface area contributed by atoms with Gasteiger partial charge in [0.2, 0.25) is 5.91 Å². The van der Waals surface area contributed by atoms with Crippen LogP contribution in [0.25, 0.3) is 0 Å². The number of nitrogens with zero attached hydrogens (tertiary/aromatic N) is 1. The van der Waals surface area contributed by atoms with Crippen molar-refractivity contribution in [3.8, 4) is 0 Å². The van der Waals surface area contributed by atoms with Crippen molar-refractivity contribution in [1.29, 1.82) is 0 Å². The molecular weight excluding hydrogens is 330 g/mol. The lowest BCUT2D eigenvalue weighted by atomic mass is 9.77. The van der Waals surface area contributed by atoms with Crippen molar-refractivity contribution >= 4 is 29.2 Å². The van der Waals surface area contributed by atoms with E-state index < -0.39 is 17.4 Å². The van der Waals surface area contributed by atoms with Crippen molar-refractivity contribution in [3.05, 3.63) is 41.4 Å². The van der Waals surface area contributed by atoms with E-state index in [-0.39, 0.29) is 18.0 Å². The smallest absolute Gasteiger partial charge is 0.312 e. The van der Waals surface area contributed by atoms with E-state index in [0.29, 0.717) is 18.2 Å². The van der Waals surface area contributed by atoms with Crippen LogP contribution in [0.5, 0.6) is 0 Å². The lowest BCUT2D eigenvalue weighted by Gasteiger charge is -2.22. The molecule has 1 spiro atoms. The molecule has 2 fully saturated rings. The first-order valence-electron chi connectivity index (χ1n) is 8.16. The quantitative estimate of drug-likeness (QED) is 0.620. The lowest BCUT2D eigenvalue weighted by Crippen LogP contribution is -2.40. The molecule has 0 N–H and O–H groups in total. The number of hydrogen-bond acceptors (Lipinski definition) is 4. The number of rotatable bonds is 4. The Morgan fingerprint density at radius 3 is 2.88 bits per heavy atom. The van der Waals surface area contributed by atoms with Gasteiger partial charge >= 0.3 is 5.97 Å². The van der Waals surface area contributed by atoms with Crippen molar-refractivity contribution in [2.45, 2.75) is 25.0 Å². The Hall–Kier alpha value is -1.85. The molecule has 2 saturated heterocycles. The third kappa shape index (κ3) is 2.19. The fourth-order valence-corrected chi connectivity index (χ4v) is 4.03. The molecule has 2 bridgehead atoms. The summed E-state index contributed by atoms with van der Waals surface area (Å²) in [7, 11) is 0. The van der Waals surface area contributed by atoms with E-state index in [9.17, 15) is 9.59 Å². The minimum atomic E-state index is -0.725. The van der Waals surface area contributed by atoms with Crippen molar-refractivity contribution in [2.24, 2.45) is 11.8 Å². The maximum Gasteiger partial charge on any atom is 0.312 e. The number of amides is 1. The molecule has 3 heterocycles. The molecular formula is C18H18ClNO4. The zero-order chi connectivity index (χ0) is 16.9. The third-order valence-corrected chi connectivity index (χ3v) is 5.21. The largest absolute Gasteiger partial charge is 0.465 e. The molecule has 0 aromatic heterocycles. The van der Waals surface area contributed by atoms with Crippen LogP contribution >= 0.6 is 11.6 Å². The van der Waals surface area contributed by atoms with Gasteiger partial charge in [-0.3, -0.25) is 9.59 Å². The molecule has 4 rings (SSSR count). The van der Waals surface area contributed by atoms with Crippen LogP contribution < -0.4 is 4.90 Å². The molecule has 24 heavy (non-hydrogen) atoms. The minimum absolute atomic E-state index is 0.0948. The van der Waals surface area contributed by atoms with Gasteiger partial charge in [0.25, 0.3) is 0 Å². The fraction of sp³-hybridized carbons (Fsp3) is 0.444. The molecule has 1 aromatic carbocycles. The molecule has 0 aliphatic carbocycles. The summed E-state index contributed by atoms with van der Waals surface area (Å²) in [5.74, 6) is -1.52. The first-order valence-corrected chi connectivity index (χ1v) is 8.54. The van der Waals surface area contributed by atoms with Crippen LogP contribution in [0, 0.1) is 11.8 Å². The zero-order valence-electron chi connectivity index (χ0n) is 13.3. The third-order valence-electron chi connectivity index (χ3n) is 4.96. The van der Waals surface area contributed by atoms with Gasteiger partial charge < -0.3 is 14.4 Å². The Morgan fingerprint density at radius 2 is 2.17 bits per heavy atom. The normalized spacial score (nSPS) is 33.2. The van der Waals surface area contributed by atoms with Crippen LogP contribution in [-0.4, -0.2) is 36.7 Å². The predicted molar refractivity (Wildman–Crippen MR) is 88.8 cm³/mol. The molecule has 4 atom stereocenters. The van der Waals surface area contributed by atoms with E-state index in [1.165, 1.54) is 0 Å². The van der Waals surface area contributed by atoms with Gasteiger partial charge in [-0.1, -0.05) is 30.7 Å². The Kier molecular flexibility index (Phi) is 3.66. The van der Waals surface area contributed by atoms with Gasteiger partial charge in [-0.05, 0) is 30.7 Å². The number of carbonyl (C=O) groups excluding carboxylic acids is 2. The summed E-state index contributed by atoms with van der Waals surface area (Å²) in [6.45, 7) is 2.71. The van der Waals surface area contributed by atoms with Crippen molar-refractivity contribution in [2.75, 3.05) is 18.1 Å². The highest BCUT2D eigenvalue weighted by molar-refractivity contribution is 6.30. The molecule has 2 unspecified atom stereocenters. The highest BCUT2D eigenvalue weighted by Gasteiger charge is 2.67. The predicted octanol–water partition coefficient (Wildman–Crippen LogP) is 2.58. The van der Waals surface area contributed by atoms with E-state index in [1.54, 1.807) is 29.2 Å². The molecule has 0 saturated carbocycles. The molecule has 0 radical (unpaired) electrons. The Morgan fingerprint density at radius 1 is 1.42 bits per heavy atom. The number of benzene rings is 1. The molecule has 126 valence electrons. The molecule has 1 aromatic rings. The summed E-state index contributed by atoms with van der Waals surface area (Å²) >= 11 is 5.92. The van der Waals surface area contributed by atoms with Crippen molar-refractivity contribution < 1.29 is 19.1 Å². The summed E-state index contributed by atoms with van der Waals surface area (Å²) in [5.41, 5.74) is 0.0337. The van der Waals surface area contributed by atoms with Crippen LogP contribution in [0.3, 0.4) is 0 Å². The Balaban J connectivity index is 1.64. The summed E-state index contributed by atoms with van der Waals surface area (Å²) < 4.78 is 11.3. The molecule has 6 heteroatoms. The summed E-state index contributed by atoms with van der Waals surface area (Å²) in [6.07, 6.45) is 4.20. The van der Waals surface area contributed by atoms with E-state index >= 15 is 0 Å². The van der Waals surface area contributed by atoms with E-state index in [4.69, 9.17) is 21.1 Å². The first kappa shape index (κ1) is 15.7. The van der Waals surface area contributed by atoms with Crippen LogP contribution in [0.15, 0.2) is 36.4 Å². The Labute approximate surface area is 145 Å². The SMILES string of the molecule is CCCOC(=O)C1[C@H]2C=CC3(CN(c4ccc(Cl)cc4)C(=O)[C@@H]13)O2. The minimum Gasteiger partial charge on any atom is -0.465 e. The van der Waals surface area contributed by atoms with Gasteiger partial charge in [0.15, 0.2) is 0 Å². The molecule has 3 aliphatic heterocycles. The number of fused-ring (bicyclic) bond motifs is 1. The van der Waals surface area contributed by atoms with Crippen LogP contribution in [0.4, 0.5) is 5.69 Å².